The second kappa shape index (κ2) is 5.88. The molecule has 7 heteroatoms. The number of esters is 1. The van der Waals surface area contributed by atoms with Crippen molar-refractivity contribution in [2.45, 2.75) is 19.3 Å². The van der Waals surface area contributed by atoms with E-state index in [1.165, 1.54) is 7.11 Å². The molecule has 2 fully saturated rings. The summed E-state index contributed by atoms with van der Waals surface area (Å²) >= 11 is 3.25. The highest BCUT2D eigenvalue weighted by Gasteiger charge is 2.39. The number of halogens is 1. The van der Waals surface area contributed by atoms with Crippen LogP contribution in [0, 0.1) is 5.41 Å². The van der Waals surface area contributed by atoms with Crippen LogP contribution >= 0.6 is 15.9 Å². The highest BCUT2D eigenvalue weighted by Crippen LogP contribution is 2.40. The number of aromatic nitrogens is 2. The second-order valence-electron chi connectivity index (χ2n) is 5.65. The quantitative estimate of drug-likeness (QED) is 0.756. The number of anilines is 1. The van der Waals surface area contributed by atoms with Gasteiger partial charge in [-0.05, 0) is 40.6 Å². The third-order valence-corrected chi connectivity index (χ3v) is 4.79. The number of methoxy groups -OCH3 is 1. The van der Waals surface area contributed by atoms with Gasteiger partial charge in [-0.2, -0.15) is 0 Å². The first-order valence-corrected chi connectivity index (χ1v) is 7.86. The molecular formula is C14H18BrN3O3. The Bertz CT molecular complexity index is 536. The SMILES string of the molecule is COC(=O)c1nc(Br)cnc1N1CCC2(CCOC2)CC1. The summed E-state index contributed by atoms with van der Waals surface area (Å²) in [6.07, 6.45) is 4.87. The molecule has 0 N–H and O–H groups in total. The highest BCUT2D eigenvalue weighted by atomic mass is 79.9. The van der Waals surface area contributed by atoms with E-state index in [-0.39, 0.29) is 5.69 Å². The summed E-state index contributed by atoms with van der Waals surface area (Å²) in [5.74, 6) is 0.155. The molecule has 0 amide bonds. The van der Waals surface area contributed by atoms with Crippen LogP contribution in [0.4, 0.5) is 5.82 Å². The Morgan fingerprint density at radius 2 is 2.19 bits per heavy atom. The first-order chi connectivity index (χ1) is 10.1. The van der Waals surface area contributed by atoms with Crippen LogP contribution in [-0.2, 0) is 9.47 Å². The molecule has 1 spiro atoms. The molecule has 3 rings (SSSR count). The van der Waals surface area contributed by atoms with Crippen LogP contribution in [0.1, 0.15) is 29.8 Å². The lowest BCUT2D eigenvalue weighted by molar-refractivity contribution is 0.0593. The zero-order chi connectivity index (χ0) is 14.9. The standard InChI is InChI=1S/C14H18BrN3O3/c1-20-13(19)11-12(16-8-10(15)17-11)18-5-2-14(3-6-18)4-7-21-9-14/h8H,2-7,9H2,1H3. The smallest absolute Gasteiger partial charge is 0.360 e. The predicted octanol–water partition coefficient (Wildman–Crippen LogP) is 2.03. The fourth-order valence-corrected chi connectivity index (χ4v) is 3.34. The van der Waals surface area contributed by atoms with Crippen LogP contribution in [0.5, 0.6) is 0 Å². The van der Waals surface area contributed by atoms with E-state index in [2.05, 4.69) is 30.8 Å². The van der Waals surface area contributed by atoms with Crippen molar-refractivity contribution in [1.82, 2.24) is 9.97 Å². The zero-order valence-electron chi connectivity index (χ0n) is 12.0. The molecule has 0 atom stereocenters. The van der Waals surface area contributed by atoms with Gasteiger partial charge in [0.1, 0.15) is 4.60 Å². The number of carbonyl (C=O) groups is 1. The van der Waals surface area contributed by atoms with Crippen LogP contribution in [0.25, 0.3) is 0 Å². The Hall–Kier alpha value is -1.21. The molecule has 114 valence electrons. The van der Waals surface area contributed by atoms with Gasteiger partial charge in [0.05, 0.1) is 19.9 Å². The number of hydrogen-bond donors (Lipinski definition) is 0. The lowest BCUT2D eigenvalue weighted by Crippen LogP contribution is -2.41. The number of carbonyl (C=O) groups excluding carboxylic acids is 1. The molecular weight excluding hydrogens is 338 g/mol. The van der Waals surface area contributed by atoms with Gasteiger partial charge >= 0.3 is 5.97 Å². The minimum absolute atomic E-state index is 0.269. The molecule has 2 aliphatic heterocycles. The maximum absolute atomic E-state index is 11.9. The van der Waals surface area contributed by atoms with Gasteiger partial charge in [0.25, 0.3) is 0 Å². The van der Waals surface area contributed by atoms with E-state index in [0.717, 1.165) is 45.6 Å². The normalized spacial score (nSPS) is 20.8. The Labute approximate surface area is 132 Å². The summed E-state index contributed by atoms with van der Waals surface area (Å²) in [5, 5.41) is 0. The van der Waals surface area contributed by atoms with Gasteiger partial charge in [-0.15, -0.1) is 0 Å². The first-order valence-electron chi connectivity index (χ1n) is 7.07. The van der Waals surface area contributed by atoms with E-state index in [0.29, 0.717) is 15.8 Å². The lowest BCUT2D eigenvalue weighted by Gasteiger charge is -2.39. The molecule has 0 bridgehead atoms. The van der Waals surface area contributed by atoms with Gasteiger partial charge in [0.15, 0.2) is 11.5 Å². The number of ether oxygens (including phenoxy) is 2. The van der Waals surface area contributed by atoms with Crippen molar-refractivity contribution in [1.29, 1.82) is 0 Å². The first kappa shape index (κ1) is 14.7. The van der Waals surface area contributed by atoms with E-state index in [1.807, 2.05) is 0 Å². The van der Waals surface area contributed by atoms with Crippen LogP contribution < -0.4 is 4.90 Å². The molecule has 0 unspecified atom stereocenters. The summed E-state index contributed by atoms with van der Waals surface area (Å²) in [4.78, 5) is 22.6. The molecule has 0 radical (unpaired) electrons. The fourth-order valence-electron chi connectivity index (χ4n) is 3.06. The Morgan fingerprint density at radius 1 is 1.43 bits per heavy atom. The number of nitrogens with zero attached hydrogens (tertiary/aromatic N) is 3. The minimum atomic E-state index is -0.455. The van der Waals surface area contributed by atoms with Crippen LogP contribution in [0.3, 0.4) is 0 Å². The van der Waals surface area contributed by atoms with E-state index in [1.54, 1.807) is 6.20 Å². The molecule has 6 nitrogen and oxygen atoms in total. The van der Waals surface area contributed by atoms with Gasteiger partial charge in [0.2, 0.25) is 0 Å². The topological polar surface area (TPSA) is 64.5 Å². The second-order valence-corrected chi connectivity index (χ2v) is 6.46. The monoisotopic (exact) mass is 355 g/mol. The van der Waals surface area contributed by atoms with Gasteiger partial charge < -0.3 is 14.4 Å². The number of piperidine rings is 1. The molecule has 21 heavy (non-hydrogen) atoms. The van der Waals surface area contributed by atoms with Crippen molar-refractivity contribution in [2.75, 3.05) is 38.3 Å². The minimum Gasteiger partial charge on any atom is -0.464 e. The fraction of sp³-hybridized carbons (Fsp3) is 0.643. The van der Waals surface area contributed by atoms with E-state index < -0.39 is 5.97 Å². The van der Waals surface area contributed by atoms with Crippen molar-refractivity contribution in [3.05, 3.63) is 16.5 Å². The van der Waals surface area contributed by atoms with Crippen molar-refractivity contribution in [3.63, 3.8) is 0 Å². The maximum Gasteiger partial charge on any atom is 0.360 e. The van der Waals surface area contributed by atoms with Crippen molar-refractivity contribution in [3.8, 4) is 0 Å². The Balaban J connectivity index is 1.80. The molecule has 0 aromatic carbocycles. The van der Waals surface area contributed by atoms with Crippen LogP contribution in [0.2, 0.25) is 0 Å². The molecule has 2 saturated heterocycles. The average Bonchev–Trinajstić information content (AvgIpc) is 2.96. The van der Waals surface area contributed by atoms with Crippen molar-refractivity contribution < 1.29 is 14.3 Å². The van der Waals surface area contributed by atoms with Gasteiger partial charge in [-0.3, -0.25) is 0 Å². The van der Waals surface area contributed by atoms with Gasteiger partial charge in [-0.1, -0.05) is 0 Å². The van der Waals surface area contributed by atoms with E-state index in [9.17, 15) is 4.79 Å². The van der Waals surface area contributed by atoms with Gasteiger partial charge in [-0.25, -0.2) is 14.8 Å². The molecule has 1 aromatic rings. The molecule has 0 saturated carbocycles. The maximum atomic E-state index is 11.9. The highest BCUT2D eigenvalue weighted by molar-refractivity contribution is 9.10. The molecule has 3 heterocycles. The summed E-state index contributed by atoms with van der Waals surface area (Å²) < 4.78 is 10.9. The summed E-state index contributed by atoms with van der Waals surface area (Å²) in [5.41, 5.74) is 0.593. The molecule has 1 aromatic heterocycles. The van der Waals surface area contributed by atoms with E-state index in [4.69, 9.17) is 9.47 Å². The predicted molar refractivity (Wildman–Crippen MR) is 80.4 cm³/mol. The molecule has 0 aliphatic carbocycles. The van der Waals surface area contributed by atoms with Crippen molar-refractivity contribution >= 4 is 27.7 Å². The summed E-state index contributed by atoms with van der Waals surface area (Å²) in [6.45, 7) is 3.45. The summed E-state index contributed by atoms with van der Waals surface area (Å²) in [7, 11) is 1.36. The number of hydrogen-bond acceptors (Lipinski definition) is 6. The molecule has 2 aliphatic rings. The van der Waals surface area contributed by atoms with Crippen LogP contribution in [0.15, 0.2) is 10.8 Å². The average molecular weight is 356 g/mol. The lowest BCUT2D eigenvalue weighted by atomic mass is 9.78. The van der Waals surface area contributed by atoms with E-state index >= 15 is 0 Å². The Kier molecular flexibility index (Phi) is 4.12. The number of rotatable bonds is 2. The van der Waals surface area contributed by atoms with Crippen molar-refractivity contribution in [2.24, 2.45) is 5.41 Å². The third kappa shape index (κ3) is 2.89. The largest absolute Gasteiger partial charge is 0.464 e. The third-order valence-electron chi connectivity index (χ3n) is 4.41. The van der Waals surface area contributed by atoms with Gasteiger partial charge in [0, 0.05) is 19.7 Å². The summed E-state index contributed by atoms with van der Waals surface area (Å²) in [6, 6.07) is 0. The van der Waals surface area contributed by atoms with Crippen LogP contribution in [-0.4, -0.2) is 49.4 Å². The zero-order valence-corrected chi connectivity index (χ0v) is 13.6. The Morgan fingerprint density at radius 3 is 2.81 bits per heavy atom.